The van der Waals surface area contributed by atoms with Gasteiger partial charge in [-0.15, -0.1) is 0 Å². The molecule has 0 aliphatic carbocycles. The molecule has 0 radical (unpaired) electrons. The highest BCUT2D eigenvalue weighted by Crippen LogP contribution is 2.34. The Morgan fingerprint density at radius 2 is 2.00 bits per heavy atom. The Morgan fingerprint density at radius 1 is 1.18 bits per heavy atom. The fourth-order valence-electron chi connectivity index (χ4n) is 3.39. The number of pyridine rings is 1. The van der Waals surface area contributed by atoms with Crippen LogP contribution in [0.2, 0.25) is 0 Å². The highest BCUT2D eigenvalue weighted by Gasteiger charge is 2.15. The fraction of sp³-hybridized carbons (Fsp3) is 0.125. The number of nitrogens with zero attached hydrogens (tertiary/aromatic N) is 4. The molecule has 0 amide bonds. The first-order valence-corrected chi connectivity index (χ1v) is 10.0. The van der Waals surface area contributed by atoms with Crippen LogP contribution in [0, 0.1) is 11.3 Å². The SMILES string of the molecule is N#Cc1cc2c(=O)n(CCOc3ccc(C(F)F)cc3-c3cccc(C(=O)O)c3)cnc2cn1. The Kier molecular flexibility index (Phi) is 6.27. The lowest BCUT2D eigenvalue weighted by Crippen LogP contribution is -2.23. The Morgan fingerprint density at radius 3 is 2.74 bits per heavy atom. The van der Waals surface area contributed by atoms with Crippen LogP contribution in [0.25, 0.3) is 22.0 Å². The van der Waals surface area contributed by atoms with Crippen LogP contribution in [0.15, 0.2) is 65.8 Å². The van der Waals surface area contributed by atoms with Crippen molar-refractivity contribution in [1.29, 1.82) is 5.26 Å². The molecule has 34 heavy (non-hydrogen) atoms. The number of alkyl halides is 2. The lowest BCUT2D eigenvalue weighted by atomic mass is 10.00. The first-order chi connectivity index (χ1) is 16.4. The van der Waals surface area contributed by atoms with Crippen LogP contribution in [0.1, 0.15) is 28.0 Å². The molecule has 0 saturated carbocycles. The van der Waals surface area contributed by atoms with Gasteiger partial charge in [0.1, 0.15) is 24.1 Å². The van der Waals surface area contributed by atoms with Gasteiger partial charge in [-0.3, -0.25) is 9.36 Å². The zero-order valence-electron chi connectivity index (χ0n) is 17.5. The lowest BCUT2D eigenvalue weighted by molar-refractivity contribution is 0.0697. The minimum absolute atomic E-state index is 0.00291. The highest BCUT2D eigenvalue weighted by molar-refractivity contribution is 5.90. The van der Waals surface area contributed by atoms with Crippen LogP contribution in [0.5, 0.6) is 5.75 Å². The molecular weight excluding hydrogens is 446 g/mol. The van der Waals surface area contributed by atoms with Crippen molar-refractivity contribution in [3.05, 3.63) is 88.2 Å². The maximum Gasteiger partial charge on any atom is 0.335 e. The predicted molar refractivity (Wildman–Crippen MR) is 118 cm³/mol. The summed E-state index contributed by atoms with van der Waals surface area (Å²) in [6, 6.07) is 13.0. The number of halogens is 2. The summed E-state index contributed by atoms with van der Waals surface area (Å²) in [4.78, 5) is 32.1. The first-order valence-electron chi connectivity index (χ1n) is 10.0. The third kappa shape index (κ3) is 4.59. The van der Waals surface area contributed by atoms with Gasteiger partial charge < -0.3 is 9.84 Å². The Balaban J connectivity index is 1.62. The van der Waals surface area contributed by atoms with E-state index in [9.17, 15) is 23.5 Å². The zero-order chi connectivity index (χ0) is 24.2. The van der Waals surface area contributed by atoms with Crippen LogP contribution in [-0.4, -0.2) is 32.2 Å². The topological polar surface area (TPSA) is 118 Å². The molecule has 0 aliphatic rings. The standard InChI is InChI=1S/C24H16F2N4O4/c25-22(26)15-4-5-21(18(9-15)14-2-1-3-16(8-14)24(32)33)34-7-6-30-13-29-20-12-28-17(11-27)10-19(20)23(30)31/h1-5,8-10,12-13,22H,6-7H2,(H,32,33). The second-order valence-electron chi connectivity index (χ2n) is 7.23. The van der Waals surface area contributed by atoms with Crippen molar-refractivity contribution in [2.24, 2.45) is 0 Å². The van der Waals surface area contributed by atoms with Gasteiger partial charge in [0.25, 0.3) is 12.0 Å². The van der Waals surface area contributed by atoms with E-state index in [0.29, 0.717) is 16.6 Å². The summed E-state index contributed by atoms with van der Waals surface area (Å²) in [6.45, 7) is 0.0973. The smallest absolute Gasteiger partial charge is 0.335 e. The number of carboxylic acids is 1. The number of nitriles is 1. The summed E-state index contributed by atoms with van der Waals surface area (Å²) < 4.78 is 33.7. The van der Waals surface area contributed by atoms with E-state index in [1.807, 2.05) is 6.07 Å². The van der Waals surface area contributed by atoms with E-state index in [1.165, 1.54) is 59.6 Å². The van der Waals surface area contributed by atoms with E-state index in [1.54, 1.807) is 6.07 Å². The van der Waals surface area contributed by atoms with Crippen LogP contribution < -0.4 is 10.3 Å². The van der Waals surface area contributed by atoms with Crippen LogP contribution in [0.3, 0.4) is 0 Å². The molecule has 170 valence electrons. The van der Waals surface area contributed by atoms with E-state index in [0.717, 1.165) is 0 Å². The molecule has 2 aromatic heterocycles. The third-order valence-electron chi connectivity index (χ3n) is 5.09. The van der Waals surface area contributed by atoms with Gasteiger partial charge in [0.15, 0.2) is 0 Å². The summed E-state index contributed by atoms with van der Waals surface area (Å²) in [5, 5.41) is 18.5. The first kappa shape index (κ1) is 22.5. The van der Waals surface area contributed by atoms with Gasteiger partial charge in [0.05, 0.1) is 35.5 Å². The molecule has 0 bridgehead atoms. The van der Waals surface area contributed by atoms with E-state index < -0.39 is 12.4 Å². The van der Waals surface area contributed by atoms with Gasteiger partial charge >= 0.3 is 5.97 Å². The third-order valence-corrected chi connectivity index (χ3v) is 5.09. The number of hydrogen-bond donors (Lipinski definition) is 1. The normalized spacial score (nSPS) is 10.9. The molecule has 1 N–H and O–H groups in total. The minimum atomic E-state index is -2.72. The van der Waals surface area contributed by atoms with Gasteiger partial charge in [0, 0.05) is 11.1 Å². The molecule has 2 aromatic carbocycles. The van der Waals surface area contributed by atoms with Gasteiger partial charge in [0.2, 0.25) is 0 Å². The molecule has 0 atom stereocenters. The number of hydrogen-bond acceptors (Lipinski definition) is 6. The van der Waals surface area contributed by atoms with Gasteiger partial charge in [-0.1, -0.05) is 12.1 Å². The van der Waals surface area contributed by atoms with Crippen molar-refractivity contribution < 1.29 is 23.4 Å². The van der Waals surface area contributed by atoms with E-state index in [2.05, 4.69) is 9.97 Å². The number of aromatic nitrogens is 3. The number of aromatic carboxylic acids is 1. The summed E-state index contributed by atoms with van der Waals surface area (Å²) in [6.07, 6.45) is -0.0394. The largest absolute Gasteiger partial charge is 0.491 e. The van der Waals surface area contributed by atoms with E-state index >= 15 is 0 Å². The minimum Gasteiger partial charge on any atom is -0.491 e. The molecule has 0 fully saturated rings. The number of carbonyl (C=O) groups is 1. The zero-order valence-corrected chi connectivity index (χ0v) is 17.5. The summed E-state index contributed by atoms with van der Waals surface area (Å²) >= 11 is 0. The number of carboxylic acid groups (broad SMARTS) is 1. The highest BCUT2D eigenvalue weighted by atomic mass is 19.3. The van der Waals surface area contributed by atoms with Crippen LogP contribution in [-0.2, 0) is 6.54 Å². The quantitative estimate of drug-likeness (QED) is 0.440. The Labute approximate surface area is 191 Å². The monoisotopic (exact) mass is 462 g/mol. The molecule has 10 heteroatoms. The lowest BCUT2D eigenvalue weighted by Gasteiger charge is -2.14. The van der Waals surface area contributed by atoms with Gasteiger partial charge in [-0.05, 0) is 42.0 Å². The Bertz CT molecular complexity index is 1490. The van der Waals surface area contributed by atoms with Crippen molar-refractivity contribution in [2.75, 3.05) is 6.61 Å². The van der Waals surface area contributed by atoms with Gasteiger partial charge in [-0.2, -0.15) is 5.26 Å². The van der Waals surface area contributed by atoms with Gasteiger partial charge in [-0.25, -0.2) is 23.5 Å². The second kappa shape index (κ2) is 9.46. The average molecular weight is 462 g/mol. The van der Waals surface area contributed by atoms with E-state index in [-0.39, 0.29) is 46.7 Å². The summed E-state index contributed by atoms with van der Waals surface area (Å²) in [5.41, 5.74) is 0.533. The van der Waals surface area contributed by atoms with Crippen LogP contribution >= 0.6 is 0 Å². The second-order valence-corrected chi connectivity index (χ2v) is 7.23. The number of rotatable bonds is 7. The fourth-order valence-corrected chi connectivity index (χ4v) is 3.39. The maximum atomic E-state index is 13.3. The molecule has 0 unspecified atom stereocenters. The van der Waals surface area contributed by atoms with Crippen molar-refractivity contribution in [1.82, 2.24) is 14.5 Å². The molecule has 0 saturated heterocycles. The molecule has 8 nitrogen and oxygen atoms in total. The molecule has 0 spiro atoms. The van der Waals surface area contributed by atoms with Crippen LogP contribution in [0.4, 0.5) is 8.78 Å². The molecular formula is C24H16F2N4O4. The maximum absolute atomic E-state index is 13.3. The number of ether oxygens (including phenoxy) is 1. The van der Waals surface area contributed by atoms with E-state index in [4.69, 9.17) is 10.00 Å². The molecule has 4 rings (SSSR count). The molecule has 2 heterocycles. The number of benzene rings is 2. The predicted octanol–water partition coefficient (Wildman–Crippen LogP) is 4.04. The summed E-state index contributed by atoms with van der Waals surface area (Å²) in [5.74, 6) is -0.892. The van der Waals surface area contributed by atoms with Crippen molar-refractivity contribution in [3.8, 4) is 22.9 Å². The summed E-state index contributed by atoms with van der Waals surface area (Å²) in [7, 11) is 0. The number of fused-ring (bicyclic) bond motifs is 1. The Hall–Kier alpha value is -4.65. The average Bonchev–Trinajstić information content (AvgIpc) is 2.85. The molecule has 0 aliphatic heterocycles. The van der Waals surface area contributed by atoms with Crippen molar-refractivity contribution >= 4 is 16.9 Å². The molecule has 4 aromatic rings. The van der Waals surface area contributed by atoms with Crippen molar-refractivity contribution in [3.63, 3.8) is 0 Å². The van der Waals surface area contributed by atoms with Crippen molar-refractivity contribution in [2.45, 2.75) is 13.0 Å².